The lowest BCUT2D eigenvalue weighted by Gasteiger charge is -2.34. The van der Waals surface area contributed by atoms with Gasteiger partial charge < -0.3 is 0 Å². The summed E-state index contributed by atoms with van der Waals surface area (Å²) in [5, 5.41) is 0. The second-order valence-corrected chi connectivity index (χ2v) is 11.1. The third-order valence-electron chi connectivity index (χ3n) is 8.84. The average Bonchev–Trinajstić information content (AvgIpc) is 3.39. The van der Waals surface area contributed by atoms with E-state index in [0.717, 1.165) is 11.3 Å². The molecule has 1 aliphatic carbocycles. The van der Waals surface area contributed by atoms with Gasteiger partial charge in [0.2, 0.25) is 0 Å². The molecule has 0 saturated heterocycles. The Morgan fingerprint density at radius 2 is 0.884 bits per heavy atom. The van der Waals surface area contributed by atoms with Crippen LogP contribution in [0.25, 0.3) is 44.6 Å². The van der Waals surface area contributed by atoms with E-state index in [1.165, 1.54) is 55.6 Å². The van der Waals surface area contributed by atoms with E-state index in [1.54, 1.807) is 0 Å². The molecule has 6 aromatic carbocycles. The van der Waals surface area contributed by atoms with Crippen LogP contribution in [0.2, 0.25) is 0 Å². The normalized spacial score (nSPS) is 12.8. The van der Waals surface area contributed by atoms with Crippen LogP contribution in [-0.4, -0.2) is 4.98 Å². The molecule has 1 heterocycles. The monoisotopic (exact) mass is 547 g/mol. The summed E-state index contributed by atoms with van der Waals surface area (Å²) in [6.07, 6.45) is 1.85. The largest absolute Gasteiger partial charge is 0.256 e. The first kappa shape index (κ1) is 25.2. The first-order valence-corrected chi connectivity index (χ1v) is 14.8. The molecule has 7 aromatic rings. The van der Waals surface area contributed by atoms with Crippen molar-refractivity contribution in [3.05, 3.63) is 198 Å². The lowest BCUT2D eigenvalue weighted by molar-refractivity contribution is 0.769. The number of pyridine rings is 1. The molecule has 0 radical (unpaired) electrons. The predicted molar refractivity (Wildman–Crippen MR) is 178 cm³/mol. The second-order valence-electron chi connectivity index (χ2n) is 11.1. The van der Waals surface area contributed by atoms with E-state index < -0.39 is 5.41 Å². The van der Waals surface area contributed by atoms with Gasteiger partial charge >= 0.3 is 0 Å². The minimum Gasteiger partial charge on any atom is -0.256 e. The van der Waals surface area contributed by atoms with E-state index in [1.807, 2.05) is 18.3 Å². The van der Waals surface area contributed by atoms with Gasteiger partial charge in [-0.1, -0.05) is 146 Å². The van der Waals surface area contributed by atoms with Gasteiger partial charge in [0.1, 0.15) is 0 Å². The van der Waals surface area contributed by atoms with Crippen LogP contribution < -0.4 is 0 Å². The van der Waals surface area contributed by atoms with Crippen molar-refractivity contribution < 1.29 is 0 Å². The summed E-state index contributed by atoms with van der Waals surface area (Å²) in [4.78, 5) is 4.56. The summed E-state index contributed by atoms with van der Waals surface area (Å²) in [6, 6.07) is 61.6. The highest BCUT2D eigenvalue weighted by atomic mass is 14.7. The minimum atomic E-state index is -0.431. The maximum atomic E-state index is 4.56. The van der Waals surface area contributed by atoms with E-state index >= 15 is 0 Å². The minimum absolute atomic E-state index is 0.431. The summed E-state index contributed by atoms with van der Waals surface area (Å²) in [6.45, 7) is 0. The molecular formula is C42H29N. The van der Waals surface area contributed by atoms with Crippen LogP contribution in [0.3, 0.4) is 0 Å². The summed E-state index contributed by atoms with van der Waals surface area (Å²) in [7, 11) is 0. The molecule has 0 saturated carbocycles. The van der Waals surface area contributed by atoms with Gasteiger partial charge in [0, 0.05) is 11.8 Å². The van der Waals surface area contributed by atoms with Crippen LogP contribution in [0.15, 0.2) is 176 Å². The molecule has 1 aliphatic rings. The van der Waals surface area contributed by atoms with E-state index in [9.17, 15) is 0 Å². The first-order chi connectivity index (χ1) is 21.3. The van der Waals surface area contributed by atoms with E-state index in [4.69, 9.17) is 0 Å². The van der Waals surface area contributed by atoms with Crippen LogP contribution in [-0.2, 0) is 5.41 Å². The van der Waals surface area contributed by atoms with Gasteiger partial charge in [0.15, 0.2) is 0 Å². The topological polar surface area (TPSA) is 12.9 Å². The molecule has 0 atom stereocenters. The molecule has 0 amide bonds. The zero-order valence-electron chi connectivity index (χ0n) is 23.7. The molecule has 0 N–H and O–H groups in total. The summed E-state index contributed by atoms with van der Waals surface area (Å²) < 4.78 is 0. The van der Waals surface area contributed by atoms with Crippen molar-refractivity contribution >= 4 is 0 Å². The van der Waals surface area contributed by atoms with Crippen LogP contribution in [0, 0.1) is 0 Å². The quantitative estimate of drug-likeness (QED) is 0.209. The van der Waals surface area contributed by atoms with Gasteiger partial charge in [0.05, 0.1) is 11.1 Å². The standard InChI is InChI=1S/C42H29N/c1-4-14-30(15-5-1)37-29-40-38(28-36(37)31-23-25-32(26-24-31)41-22-12-13-27-43-41)35-20-10-11-21-39(35)42(40,33-16-6-2-7-17-33)34-18-8-3-9-19-34/h1-29H. The fourth-order valence-electron chi connectivity index (χ4n) is 6.94. The Bertz CT molecular complexity index is 1990. The molecule has 0 fully saturated rings. The van der Waals surface area contributed by atoms with Crippen molar-refractivity contribution in [2.24, 2.45) is 0 Å². The molecule has 202 valence electrons. The van der Waals surface area contributed by atoms with Crippen molar-refractivity contribution in [2.75, 3.05) is 0 Å². The first-order valence-electron chi connectivity index (χ1n) is 14.8. The Kier molecular flexibility index (Phi) is 6.09. The van der Waals surface area contributed by atoms with Crippen molar-refractivity contribution in [3.8, 4) is 44.6 Å². The number of fused-ring (bicyclic) bond motifs is 3. The summed E-state index contributed by atoms with van der Waals surface area (Å²) in [5.41, 5.74) is 14.3. The molecular weight excluding hydrogens is 518 g/mol. The Morgan fingerprint density at radius 1 is 0.349 bits per heavy atom. The number of benzene rings is 6. The Balaban J connectivity index is 1.43. The molecule has 8 rings (SSSR count). The Hall–Kier alpha value is -5.53. The molecule has 1 heteroatoms. The number of hydrogen-bond acceptors (Lipinski definition) is 1. The van der Waals surface area contributed by atoms with E-state index in [2.05, 4.69) is 163 Å². The van der Waals surface area contributed by atoms with Crippen LogP contribution in [0.5, 0.6) is 0 Å². The van der Waals surface area contributed by atoms with E-state index in [-0.39, 0.29) is 0 Å². The Morgan fingerprint density at radius 3 is 1.53 bits per heavy atom. The molecule has 0 aliphatic heterocycles. The zero-order chi connectivity index (χ0) is 28.6. The van der Waals surface area contributed by atoms with Gasteiger partial charge in [-0.05, 0) is 79.9 Å². The van der Waals surface area contributed by atoms with Gasteiger partial charge in [-0.25, -0.2) is 0 Å². The maximum absolute atomic E-state index is 4.56. The predicted octanol–water partition coefficient (Wildman–Crippen LogP) is 10.4. The van der Waals surface area contributed by atoms with Crippen LogP contribution in [0.4, 0.5) is 0 Å². The van der Waals surface area contributed by atoms with Gasteiger partial charge in [0.25, 0.3) is 0 Å². The zero-order valence-corrected chi connectivity index (χ0v) is 23.7. The highest BCUT2D eigenvalue weighted by Crippen LogP contribution is 2.57. The van der Waals surface area contributed by atoms with Crippen molar-refractivity contribution in [1.82, 2.24) is 4.98 Å². The van der Waals surface area contributed by atoms with Gasteiger partial charge in [-0.15, -0.1) is 0 Å². The van der Waals surface area contributed by atoms with Crippen LogP contribution >= 0.6 is 0 Å². The Labute approximate surface area is 252 Å². The van der Waals surface area contributed by atoms with Gasteiger partial charge in [-0.2, -0.15) is 0 Å². The van der Waals surface area contributed by atoms with Crippen molar-refractivity contribution in [3.63, 3.8) is 0 Å². The third kappa shape index (κ3) is 4.05. The SMILES string of the molecule is c1ccc(-c2cc3c(cc2-c2ccc(-c4ccccn4)cc2)-c2ccccc2C3(c2ccccc2)c2ccccc2)cc1. The highest BCUT2D eigenvalue weighted by molar-refractivity contribution is 5.95. The molecule has 0 bridgehead atoms. The maximum Gasteiger partial charge on any atom is 0.0713 e. The van der Waals surface area contributed by atoms with Gasteiger partial charge in [-0.3, -0.25) is 4.98 Å². The molecule has 1 nitrogen and oxygen atoms in total. The third-order valence-corrected chi connectivity index (χ3v) is 8.84. The number of nitrogens with zero attached hydrogens (tertiary/aromatic N) is 1. The second kappa shape index (κ2) is 10.4. The fourth-order valence-corrected chi connectivity index (χ4v) is 6.94. The molecule has 43 heavy (non-hydrogen) atoms. The average molecular weight is 548 g/mol. The summed E-state index contributed by atoms with van der Waals surface area (Å²) in [5.74, 6) is 0. The van der Waals surface area contributed by atoms with Crippen LogP contribution in [0.1, 0.15) is 22.3 Å². The van der Waals surface area contributed by atoms with Crippen molar-refractivity contribution in [2.45, 2.75) is 5.41 Å². The molecule has 1 aromatic heterocycles. The molecule has 0 unspecified atom stereocenters. The van der Waals surface area contributed by atoms with Crippen molar-refractivity contribution in [1.29, 1.82) is 0 Å². The summed E-state index contributed by atoms with van der Waals surface area (Å²) >= 11 is 0. The number of rotatable bonds is 5. The number of aromatic nitrogens is 1. The number of hydrogen-bond donors (Lipinski definition) is 0. The fraction of sp³-hybridized carbons (Fsp3) is 0.0238. The lowest BCUT2D eigenvalue weighted by atomic mass is 9.67. The lowest BCUT2D eigenvalue weighted by Crippen LogP contribution is -2.28. The van der Waals surface area contributed by atoms with E-state index in [0.29, 0.717) is 0 Å². The molecule has 0 spiro atoms. The highest BCUT2D eigenvalue weighted by Gasteiger charge is 2.46. The smallest absolute Gasteiger partial charge is 0.0713 e.